The van der Waals surface area contributed by atoms with Gasteiger partial charge in [0.15, 0.2) is 23.3 Å². The third-order valence-corrected chi connectivity index (χ3v) is 5.64. The van der Waals surface area contributed by atoms with Gasteiger partial charge in [-0.3, -0.25) is 0 Å². The van der Waals surface area contributed by atoms with E-state index in [0.717, 1.165) is 17.5 Å². The van der Waals surface area contributed by atoms with Crippen LogP contribution in [-0.4, -0.2) is 46.2 Å². The first-order valence-electron chi connectivity index (χ1n) is 9.50. The maximum absolute atomic E-state index is 14.3. The van der Waals surface area contributed by atoms with Crippen molar-refractivity contribution >= 4 is 5.69 Å². The zero-order valence-corrected chi connectivity index (χ0v) is 15.8. The minimum Gasteiger partial charge on any atom is -0.378 e. The molecule has 1 saturated heterocycles. The molecule has 1 aromatic carbocycles. The van der Waals surface area contributed by atoms with Crippen LogP contribution in [0.5, 0.6) is 0 Å². The van der Waals surface area contributed by atoms with Gasteiger partial charge in [-0.2, -0.15) is 0 Å². The van der Waals surface area contributed by atoms with Gasteiger partial charge in [0, 0.05) is 45.0 Å². The molecular weight excluding hydrogens is 376 g/mol. The van der Waals surface area contributed by atoms with E-state index >= 15 is 0 Å². The van der Waals surface area contributed by atoms with Gasteiger partial charge >= 0.3 is 0 Å². The van der Waals surface area contributed by atoms with Crippen LogP contribution in [0.1, 0.15) is 29.4 Å². The Morgan fingerprint density at radius 3 is 2.28 bits per heavy atom. The van der Waals surface area contributed by atoms with Crippen molar-refractivity contribution in [3.8, 4) is 11.6 Å². The van der Waals surface area contributed by atoms with Gasteiger partial charge in [-0.25, -0.2) is 28.7 Å². The smallest absolute Gasteiger partial charge is 0.197 e. The second-order valence-corrected chi connectivity index (χ2v) is 7.46. The highest BCUT2D eigenvalue weighted by atomic mass is 19.2. The molecule has 3 aromatic rings. The van der Waals surface area contributed by atoms with E-state index in [-0.39, 0.29) is 17.9 Å². The molecule has 6 nitrogen and oxygen atoms in total. The molecule has 2 aromatic heterocycles. The number of methoxy groups -OCH3 is 1. The number of hydrogen-bond acceptors (Lipinski definition) is 6. The SMILES string of the molecule is COC1CN(c2cc([C@@H]3C[C@H]3c3cnc(-c4ncccn4)nc3)cc(F)c2F)C1. The molecule has 2 atom stereocenters. The van der Waals surface area contributed by atoms with E-state index in [4.69, 9.17) is 4.74 Å². The topological polar surface area (TPSA) is 64.0 Å². The Morgan fingerprint density at radius 2 is 1.59 bits per heavy atom. The van der Waals surface area contributed by atoms with E-state index in [1.54, 1.807) is 44.0 Å². The fourth-order valence-electron chi connectivity index (χ4n) is 3.81. The first kappa shape index (κ1) is 18.1. The molecule has 1 aliphatic carbocycles. The molecule has 1 aliphatic heterocycles. The van der Waals surface area contributed by atoms with Crippen molar-refractivity contribution in [2.75, 3.05) is 25.1 Å². The van der Waals surface area contributed by atoms with Gasteiger partial charge in [0.1, 0.15) is 0 Å². The van der Waals surface area contributed by atoms with E-state index in [2.05, 4.69) is 19.9 Å². The lowest BCUT2D eigenvalue weighted by atomic mass is 10.0. The summed E-state index contributed by atoms with van der Waals surface area (Å²) in [4.78, 5) is 18.8. The van der Waals surface area contributed by atoms with E-state index in [1.807, 2.05) is 4.90 Å². The maximum Gasteiger partial charge on any atom is 0.197 e. The van der Waals surface area contributed by atoms with Gasteiger partial charge in [0.05, 0.1) is 11.8 Å². The molecule has 148 valence electrons. The summed E-state index contributed by atoms with van der Waals surface area (Å²) in [6.07, 6.45) is 7.74. The molecule has 1 saturated carbocycles. The average molecular weight is 395 g/mol. The van der Waals surface area contributed by atoms with Gasteiger partial charge in [-0.05, 0) is 47.6 Å². The fraction of sp³-hybridized carbons (Fsp3) is 0.333. The van der Waals surface area contributed by atoms with Crippen molar-refractivity contribution in [1.82, 2.24) is 19.9 Å². The van der Waals surface area contributed by atoms with E-state index in [9.17, 15) is 8.78 Å². The van der Waals surface area contributed by atoms with Gasteiger partial charge in [0.25, 0.3) is 0 Å². The maximum atomic E-state index is 14.3. The summed E-state index contributed by atoms with van der Waals surface area (Å²) >= 11 is 0. The lowest BCUT2D eigenvalue weighted by Gasteiger charge is -2.40. The minimum atomic E-state index is -0.808. The number of halogens is 2. The standard InChI is InChI=1S/C21H19F2N5O/c1-29-14-10-28(11-14)18-6-12(5-17(22)19(18)23)15-7-16(15)13-8-26-21(27-9-13)20-24-3-2-4-25-20/h2-6,8-9,14-16H,7,10-11H2,1H3/t15-,16-/m0/s1. The van der Waals surface area contributed by atoms with E-state index in [0.29, 0.717) is 30.4 Å². The van der Waals surface area contributed by atoms with Crippen molar-refractivity contribution in [3.63, 3.8) is 0 Å². The van der Waals surface area contributed by atoms with Gasteiger partial charge in [-0.15, -0.1) is 0 Å². The Bertz CT molecular complexity index is 1030. The van der Waals surface area contributed by atoms with Crippen LogP contribution in [0.3, 0.4) is 0 Å². The van der Waals surface area contributed by atoms with Crippen molar-refractivity contribution in [1.29, 1.82) is 0 Å². The lowest BCUT2D eigenvalue weighted by molar-refractivity contribution is 0.0783. The second-order valence-electron chi connectivity index (χ2n) is 7.46. The van der Waals surface area contributed by atoms with Crippen LogP contribution in [0, 0.1) is 11.6 Å². The second kappa shape index (κ2) is 7.11. The number of benzene rings is 1. The van der Waals surface area contributed by atoms with Crippen molar-refractivity contribution < 1.29 is 13.5 Å². The molecule has 8 heteroatoms. The van der Waals surface area contributed by atoms with Crippen LogP contribution in [0.25, 0.3) is 11.6 Å². The summed E-state index contributed by atoms with van der Waals surface area (Å²) in [6.45, 7) is 1.14. The number of aromatic nitrogens is 4. The van der Waals surface area contributed by atoms with Crippen LogP contribution in [-0.2, 0) is 4.74 Å². The van der Waals surface area contributed by atoms with Crippen LogP contribution < -0.4 is 4.90 Å². The largest absolute Gasteiger partial charge is 0.378 e. The zero-order valence-electron chi connectivity index (χ0n) is 15.8. The van der Waals surface area contributed by atoms with Crippen LogP contribution >= 0.6 is 0 Å². The van der Waals surface area contributed by atoms with Gasteiger partial charge in [0.2, 0.25) is 0 Å². The quantitative estimate of drug-likeness (QED) is 0.660. The van der Waals surface area contributed by atoms with Gasteiger partial charge in [-0.1, -0.05) is 0 Å². The fourth-order valence-corrected chi connectivity index (χ4v) is 3.81. The molecule has 3 heterocycles. The summed E-state index contributed by atoms with van der Waals surface area (Å²) < 4.78 is 33.8. The van der Waals surface area contributed by atoms with Crippen molar-refractivity contribution in [3.05, 3.63) is 65.7 Å². The van der Waals surface area contributed by atoms with Crippen molar-refractivity contribution in [2.45, 2.75) is 24.4 Å². The molecule has 0 radical (unpaired) electrons. The van der Waals surface area contributed by atoms with Crippen LogP contribution in [0.2, 0.25) is 0 Å². The number of rotatable bonds is 5. The highest BCUT2D eigenvalue weighted by molar-refractivity contribution is 5.55. The number of nitrogens with zero attached hydrogens (tertiary/aromatic N) is 5. The Hall–Kier alpha value is -3.00. The summed E-state index contributed by atoms with van der Waals surface area (Å²) in [6, 6.07) is 4.81. The highest BCUT2D eigenvalue weighted by Gasteiger charge is 2.41. The predicted molar refractivity (Wildman–Crippen MR) is 103 cm³/mol. The lowest BCUT2D eigenvalue weighted by Crippen LogP contribution is -2.52. The summed E-state index contributed by atoms with van der Waals surface area (Å²) in [5.41, 5.74) is 2.09. The molecule has 2 fully saturated rings. The number of ether oxygens (including phenoxy) is 1. The molecule has 29 heavy (non-hydrogen) atoms. The summed E-state index contributed by atoms with van der Waals surface area (Å²) in [5.74, 6) is -0.340. The molecule has 0 spiro atoms. The molecule has 0 amide bonds. The first-order chi connectivity index (χ1) is 14.1. The third kappa shape index (κ3) is 3.33. The average Bonchev–Trinajstić information content (AvgIpc) is 3.52. The Kier molecular flexibility index (Phi) is 4.43. The monoisotopic (exact) mass is 395 g/mol. The van der Waals surface area contributed by atoms with E-state index < -0.39 is 11.6 Å². The van der Waals surface area contributed by atoms with Crippen LogP contribution in [0.4, 0.5) is 14.5 Å². The predicted octanol–water partition coefficient (Wildman–Crippen LogP) is 3.32. The normalized spacial score (nSPS) is 21.1. The molecule has 0 bridgehead atoms. The third-order valence-electron chi connectivity index (χ3n) is 5.64. The summed E-state index contributed by atoms with van der Waals surface area (Å²) in [5, 5.41) is 0. The Balaban J connectivity index is 1.34. The minimum absolute atomic E-state index is 0.0686. The number of hydrogen-bond donors (Lipinski definition) is 0. The Morgan fingerprint density at radius 1 is 0.931 bits per heavy atom. The van der Waals surface area contributed by atoms with Crippen molar-refractivity contribution in [2.24, 2.45) is 0 Å². The number of anilines is 1. The summed E-state index contributed by atoms with van der Waals surface area (Å²) in [7, 11) is 1.63. The molecule has 0 N–H and O–H groups in total. The molecular formula is C21H19F2N5O. The van der Waals surface area contributed by atoms with E-state index in [1.165, 1.54) is 6.07 Å². The van der Waals surface area contributed by atoms with Gasteiger partial charge < -0.3 is 9.64 Å². The van der Waals surface area contributed by atoms with Crippen LogP contribution in [0.15, 0.2) is 43.0 Å². The molecule has 2 aliphatic rings. The first-order valence-corrected chi connectivity index (χ1v) is 9.50. The Labute approximate surface area is 166 Å². The molecule has 5 rings (SSSR count). The highest BCUT2D eigenvalue weighted by Crippen LogP contribution is 2.55. The zero-order chi connectivity index (χ0) is 20.0. The molecule has 0 unspecified atom stereocenters.